The topological polar surface area (TPSA) is 91.9 Å². The minimum Gasteiger partial charge on any atom is -0.315 e. The van der Waals surface area contributed by atoms with Crippen molar-refractivity contribution < 1.29 is 8.42 Å². The lowest BCUT2D eigenvalue weighted by molar-refractivity contribution is 0.582. The first-order valence-corrected chi connectivity index (χ1v) is 8.17. The van der Waals surface area contributed by atoms with E-state index >= 15 is 0 Å². The summed E-state index contributed by atoms with van der Waals surface area (Å²) in [7, 11) is -3.66. The molecule has 0 aliphatic carbocycles. The largest absolute Gasteiger partial charge is 0.315 e. The van der Waals surface area contributed by atoms with Crippen molar-refractivity contribution in [2.75, 3.05) is 0 Å². The van der Waals surface area contributed by atoms with E-state index in [1.807, 2.05) is 6.92 Å². The number of hydrogen-bond donors (Lipinski definition) is 2. The highest BCUT2D eigenvalue weighted by Crippen LogP contribution is 2.16. The lowest BCUT2D eigenvalue weighted by atomic mass is 10.5. The van der Waals surface area contributed by atoms with E-state index in [2.05, 4.69) is 14.7 Å². The Hall–Kier alpha value is -1.03. The minimum absolute atomic E-state index is 0.0273. The van der Waals surface area contributed by atoms with Gasteiger partial charge in [0.1, 0.15) is 0 Å². The highest BCUT2D eigenvalue weighted by atomic mass is 32.2. The quantitative estimate of drug-likeness (QED) is 0.881. The zero-order valence-corrected chi connectivity index (χ0v) is 12.1. The van der Waals surface area contributed by atoms with E-state index in [1.165, 1.54) is 11.3 Å². The summed E-state index contributed by atoms with van der Waals surface area (Å²) in [6, 6.07) is 0. The first kappa shape index (κ1) is 13.4. The molecule has 0 unspecified atom stereocenters. The summed E-state index contributed by atoms with van der Waals surface area (Å²) in [6.45, 7) is 3.53. The summed E-state index contributed by atoms with van der Waals surface area (Å²) in [6.07, 6.45) is 0. The molecule has 0 saturated heterocycles. The number of nitrogens with zero attached hydrogens (tertiary/aromatic N) is 1. The van der Waals surface area contributed by atoms with Crippen molar-refractivity contribution in [3.8, 4) is 0 Å². The maximum atomic E-state index is 12.0. The van der Waals surface area contributed by atoms with Crippen LogP contribution in [0.15, 0.2) is 14.4 Å². The summed E-state index contributed by atoms with van der Waals surface area (Å²) in [5.74, 6) is 0. The van der Waals surface area contributed by atoms with Crippen LogP contribution in [0, 0.1) is 13.8 Å². The van der Waals surface area contributed by atoms with Gasteiger partial charge in [0.2, 0.25) is 0 Å². The second kappa shape index (κ2) is 4.92. The van der Waals surface area contributed by atoms with Gasteiger partial charge in [-0.1, -0.05) is 11.3 Å². The Kier molecular flexibility index (Phi) is 3.66. The van der Waals surface area contributed by atoms with Crippen LogP contribution in [0.25, 0.3) is 0 Å². The molecule has 98 valence electrons. The Bertz CT molecular complexity index is 711. The van der Waals surface area contributed by atoms with E-state index in [9.17, 15) is 13.2 Å². The van der Waals surface area contributed by atoms with Gasteiger partial charge in [-0.05, 0) is 13.8 Å². The number of hydrogen-bond acceptors (Lipinski definition) is 6. The van der Waals surface area contributed by atoms with Crippen LogP contribution in [0.1, 0.15) is 16.4 Å². The maximum absolute atomic E-state index is 12.0. The summed E-state index contributed by atoms with van der Waals surface area (Å²) in [4.78, 5) is 17.3. The van der Waals surface area contributed by atoms with Gasteiger partial charge in [-0.2, -0.15) is 0 Å². The number of rotatable bonds is 4. The second-order valence-electron chi connectivity index (χ2n) is 3.61. The van der Waals surface area contributed by atoms with Crippen LogP contribution in [-0.4, -0.2) is 18.4 Å². The highest BCUT2D eigenvalue weighted by Gasteiger charge is 2.20. The molecule has 0 radical (unpaired) electrons. The maximum Gasteiger partial charge on any atom is 0.305 e. The molecular weight excluding hydrogens is 294 g/mol. The fourth-order valence-electron chi connectivity index (χ4n) is 1.37. The average molecular weight is 305 g/mol. The molecule has 0 aliphatic rings. The standard InChI is InChI=1S/C9H11N3O3S3/c1-5-8(17-9(13)11-5)18(14,15)10-3-7-4-16-6(2)12-7/h4,10H,3H2,1-2H3,(H,11,13). The third-order valence-electron chi connectivity index (χ3n) is 2.14. The van der Waals surface area contributed by atoms with E-state index in [-0.39, 0.29) is 15.6 Å². The van der Waals surface area contributed by atoms with Crippen LogP contribution in [0.4, 0.5) is 0 Å². The summed E-state index contributed by atoms with van der Waals surface area (Å²) in [5, 5.41) is 2.68. The lowest BCUT2D eigenvalue weighted by Crippen LogP contribution is -2.23. The van der Waals surface area contributed by atoms with Crippen LogP contribution in [-0.2, 0) is 16.6 Å². The molecule has 0 aliphatic heterocycles. The summed E-state index contributed by atoms with van der Waals surface area (Å²) in [5.41, 5.74) is 1.02. The first-order chi connectivity index (χ1) is 8.38. The number of H-pyrrole nitrogens is 1. The van der Waals surface area contributed by atoms with Gasteiger partial charge in [-0.15, -0.1) is 11.3 Å². The molecule has 6 nitrogen and oxygen atoms in total. The van der Waals surface area contributed by atoms with Crippen LogP contribution < -0.4 is 9.60 Å². The van der Waals surface area contributed by atoms with Gasteiger partial charge in [0, 0.05) is 11.1 Å². The van der Waals surface area contributed by atoms with Crippen molar-refractivity contribution in [1.82, 2.24) is 14.7 Å². The Morgan fingerprint density at radius 2 is 2.17 bits per heavy atom. The van der Waals surface area contributed by atoms with E-state index in [0.29, 0.717) is 22.7 Å². The fraction of sp³-hybridized carbons (Fsp3) is 0.333. The van der Waals surface area contributed by atoms with Gasteiger partial charge in [-0.3, -0.25) is 4.79 Å². The molecule has 2 rings (SSSR count). The summed E-state index contributed by atoms with van der Waals surface area (Å²) >= 11 is 2.14. The van der Waals surface area contributed by atoms with Crippen molar-refractivity contribution in [1.29, 1.82) is 0 Å². The Labute approximate surface area is 112 Å². The highest BCUT2D eigenvalue weighted by molar-refractivity contribution is 7.91. The van der Waals surface area contributed by atoms with E-state index in [0.717, 1.165) is 5.01 Å². The van der Waals surface area contributed by atoms with Gasteiger partial charge < -0.3 is 4.98 Å². The predicted molar refractivity (Wildman–Crippen MR) is 70.6 cm³/mol. The summed E-state index contributed by atoms with van der Waals surface area (Å²) < 4.78 is 26.4. The third kappa shape index (κ3) is 2.86. The molecule has 0 spiro atoms. The molecule has 2 N–H and O–H groups in total. The molecule has 9 heteroatoms. The molecule has 18 heavy (non-hydrogen) atoms. The van der Waals surface area contributed by atoms with Crippen LogP contribution >= 0.6 is 22.7 Å². The molecule has 0 amide bonds. The molecule has 0 atom stereocenters. The predicted octanol–water partition coefficient (Wildman–Crippen LogP) is 0.988. The van der Waals surface area contributed by atoms with Crippen molar-refractivity contribution in [2.45, 2.75) is 24.6 Å². The molecule has 2 heterocycles. The van der Waals surface area contributed by atoms with Crippen LogP contribution in [0.5, 0.6) is 0 Å². The number of sulfonamides is 1. The van der Waals surface area contributed by atoms with Crippen LogP contribution in [0.2, 0.25) is 0 Å². The fourth-order valence-corrected chi connectivity index (χ4v) is 4.33. The van der Waals surface area contributed by atoms with Crippen LogP contribution in [0.3, 0.4) is 0 Å². The molecule has 0 aromatic carbocycles. The lowest BCUT2D eigenvalue weighted by Gasteiger charge is -2.03. The van der Waals surface area contributed by atoms with E-state index in [4.69, 9.17) is 0 Å². The van der Waals surface area contributed by atoms with Crippen molar-refractivity contribution in [2.24, 2.45) is 0 Å². The van der Waals surface area contributed by atoms with Gasteiger partial charge in [0.05, 0.1) is 17.2 Å². The molecule has 0 saturated carbocycles. The monoisotopic (exact) mass is 305 g/mol. The SMILES string of the molecule is Cc1nc(CNS(=O)(=O)c2sc(=O)[nH]c2C)cs1. The Morgan fingerprint density at radius 3 is 2.67 bits per heavy atom. The van der Waals surface area contributed by atoms with Gasteiger partial charge >= 0.3 is 4.87 Å². The minimum atomic E-state index is -3.66. The number of aryl methyl sites for hydroxylation is 2. The van der Waals surface area contributed by atoms with E-state index in [1.54, 1.807) is 12.3 Å². The normalized spacial score (nSPS) is 11.9. The number of aromatic nitrogens is 2. The smallest absolute Gasteiger partial charge is 0.305 e. The zero-order chi connectivity index (χ0) is 13.3. The van der Waals surface area contributed by atoms with Gasteiger partial charge in [0.15, 0.2) is 4.21 Å². The molecule has 2 aromatic heterocycles. The van der Waals surface area contributed by atoms with Crippen molar-refractivity contribution >= 4 is 32.7 Å². The molecular formula is C9H11N3O3S3. The molecule has 0 bridgehead atoms. The molecule has 2 aromatic rings. The Morgan fingerprint density at radius 1 is 1.44 bits per heavy atom. The zero-order valence-electron chi connectivity index (χ0n) is 9.68. The number of nitrogens with one attached hydrogen (secondary N) is 2. The Balaban J connectivity index is 2.18. The van der Waals surface area contributed by atoms with Gasteiger partial charge in [0.25, 0.3) is 10.0 Å². The van der Waals surface area contributed by atoms with Crippen molar-refractivity contribution in [3.05, 3.63) is 31.4 Å². The first-order valence-electron chi connectivity index (χ1n) is 4.99. The second-order valence-corrected chi connectivity index (χ2v) is 7.62. The third-order valence-corrected chi connectivity index (χ3v) is 5.96. The van der Waals surface area contributed by atoms with Crippen molar-refractivity contribution in [3.63, 3.8) is 0 Å². The van der Waals surface area contributed by atoms with Gasteiger partial charge in [-0.25, -0.2) is 18.1 Å². The number of aromatic amines is 1. The average Bonchev–Trinajstić information content (AvgIpc) is 2.82. The number of thiazole rings is 2. The van der Waals surface area contributed by atoms with E-state index < -0.39 is 10.0 Å². The molecule has 0 fully saturated rings.